The molecule has 3 aliphatic carbocycles. The fraction of sp³-hybridized carbons (Fsp3) is 0.421. The van der Waals surface area contributed by atoms with Crippen molar-refractivity contribution in [3.05, 3.63) is 35.9 Å². The summed E-state index contributed by atoms with van der Waals surface area (Å²) >= 11 is 0. The molecular weight excluding hydrogens is 320 g/mol. The number of hydrogen-bond acceptors (Lipinski definition) is 5. The fourth-order valence-corrected chi connectivity index (χ4v) is 4.23. The van der Waals surface area contributed by atoms with Crippen LogP contribution in [-0.2, 0) is 9.59 Å². The Hall–Kier alpha value is -2.63. The number of nitrogens with zero attached hydrogens (tertiary/aromatic N) is 2. The minimum absolute atomic E-state index is 0.174. The Morgan fingerprint density at radius 2 is 1.60 bits per heavy atom. The number of hydrogen-bond donors (Lipinski definition) is 0. The van der Waals surface area contributed by atoms with Crippen molar-refractivity contribution in [3.8, 4) is 11.5 Å². The van der Waals surface area contributed by atoms with Gasteiger partial charge in [-0.25, -0.2) is 0 Å². The first-order valence-corrected chi connectivity index (χ1v) is 8.46. The normalized spacial score (nSPS) is 30.2. The Labute approximate surface area is 146 Å². The number of fused-ring (bicyclic) bond motifs is 1. The van der Waals surface area contributed by atoms with E-state index in [0.29, 0.717) is 11.5 Å². The molecule has 0 unspecified atom stereocenters. The Morgan fingerprint density at radius 3 is 2.12 bits per heavy atom. The number of allylic oxidation sites excluding steroid dienone is 2. The van der Waals surface area contributed by atoms with Crippen molar-refractivity contribution in [3.63, 3.8) is 0 Å². The summed E-state index contributed by atoms with van der Waals surface area (Å²) in [4.78, 5) is 25.4. The van der Waals surface area contributed by atoms with E-state index in [-0.39, 0.29) is 35.5 Å². The molecule has 0 N–H and O–H groups in total. The SMILES string of the molecule is COc1ccc(/C=N\N2C(=O)[C@@H]3[C@H](C2=O)[C@H]2C=C[C@H]3CC2)cc1OC. The van der Waals surface area contributed by atoms with Gasteiger partial charge in [-0.3, -0.25) is 9.59 Å². The molecule has 130 valence electrons. The number of carbonyl (C=O) groups excluding carboxylic acids is 2. The zero-order valence-electron chi connectivity index (χ0n) is 14.2. The molecule has 0 aromatic heterocycles. The zero-order valence-corrected chi connectivity index (χ0v) is 14.2. The summed E-state index contributed by atoms with van der Waals surface area (Å²) in [5, 5.41) is 5.25. The fourth-order valence-electron chi connectivity index (χ4n) is 4.23. The van der Waals surface area contributed by atoms with E-state index in [0.717, 1.165) is 23.4 Å². The summed E-state index contributed by atoms with van der Waals surface area (Å²) in [6, 6.07) is 5.32. The molecule has 6 nitrogen and oxygen atoms in total. The van der Waals surface area contributed by atoms with Gasteiger partial charge in [-0.05, 0) is 48.4 Å². The lowest BCUT2D eigenvalue weighted by molar-refractivity contribution is -0.140. The number of benzene rings is 1. The standard InChI is InChI=1S/C19H20N2O4/c1-24-14-8-3-11(9-15(14)25-2)10-20-21-18(22)16-12-4-5-13(7-6-12)17(16)19(21)23/h3-5,8-10,12-13,16-17H,6-7H2,1-2H3/b20-10-/t12-,13-,16-,17+/m0/s1. The number of imide groups is 1. The minimum Gasteiger partial charge on any atom is -0.493 e. The van der Waals surface area contributed by atoms with Crippen LogP contribution in [0.1, 0.15) is 18.4 Å². The Morgan fingerprint density at radius 1 is 1.00 bits per heavy atom. The third-order valence-corrected chi connectivity index (χ3v) is 5.47. The molecule has 2 bridgehead atoms. The number of methoxy groups -OCH3 is 2. The highest BCUT2D eigenvalue weighted by Gasteiger charge is 2.56. The summed E-state index contributed by atoms with van der Waals surface area (Å²) in [5.74, 6) is 0.706. The molecule has 2 amide bonds. The third-order valence-electron chi connectivity index (χ3n) is 5.47. The highest BCUT2D eigenvalue weighted by Crippen LogP contribution is 2.49. The van der Waals surface area contributed by atoms with Gasteiger partial charge >= 0.3 is 0 Å². The molecule has 2 fully saturated rings. The summed E-state index contributed by atoms with van der Waals surface area (Å²) in [6.45, 7) is 0. The van der Waals surface area contributed by atoms with Crippen molar-refractivity contribution in [2.75, 3.05) is 14.2 Å². The van der Waals surface area contributed by atoms with Gasteiger partial charge in [-0.2, -0.15) is 10.1 Å². The largest absolute Gasteiger partial charge is 0.493 e. The summed E-state index contributed by atoms with van der Waals surface area (Å²) in [7, 11) is 3.12. The second kappa shape index (κ2) is 6.02. The molecule has 4 atom stereocenters. The molecule has 6 heteroatoms. The van der Waals surface area contributed by atoms with Crippen molar-refractivity contribution in [1.29, 1.82) is 0 Å². The van der Waals surface area contributed by atoms with Crippen LogP contribution in [0.2, 0.25) is 0 Å². The third kappa shape index (κ3) is 2.44. The highest BCUT2D eigenvalue weighted by atomic mass is 16.5. The number of amides is 2. The molecule has 5 rings (SSSR count). The molecule has 1 aromatic carbocycles. The maximum Gasteiger partial charge on any atom is 0.254 e. The summed E-state index contributed by atoms with van der Waals surface area (Å²) in [5.41, 5.74) is 0.731. The van der Waals surface area contributed by atoms with E-state index in [4.69, 9.17) is 9.47 Å². The first-order chi connectivity index (χ1) is 12.1. The number of rotatable bonds is 4. The predicted molar refractivity (Wildman–Crippen MR) is 91.3 cm³/mol. The van der Waals surface area contributed by atoms with E-state index in [1.54, 1.807) is 32.4 Å². The molecule has 1 aliphatic heterocycles. The lowest BCUT2D eigenvalue weighted by atomic mass is 9.63. The first-order valence-electron chi connectivity index (χ1n) is 8.46. The van der Waals surface area contributed by atoms with Gasteiger partial charge in [0.1, 0.15) is 0 Å². The molecule has 0 radical (unpaired) electrons. The number of ether oxygens (including phenoxy) is 2. The van der Waals surface area contributed by atoms with Crippen molar-refractivity contribution in [1.82, 2.24) is 5.01 Å². The van der Waals surface area contributed by atoms with Crippen LogP contribution in [0.15, 0.2) is 35.5 Å². The first kappa shape index (κ1) is 15.9. The van der Waals surface area contributed by atoms with E-state index < -0.39 is 0 Å². The van der Waals surface area contributed by atoms with Gasteiger partial charge in [0.25, 0.3) is 11.8 Å². The second-order valence-electron chi connectivity index (χ2n) is 6.69. The number of carbonyl (C=O) groups is 2. The zero-order chi connectivity index (χ0) is 17.6. The molecule has 4 aliphatic rings. The molecular formula is C19H20N2O4. The Bertz CT molecular complexity index is 754. The molecule has 0 spiro atoms. The quantitative estimate of drug-likeness (QED) is 0.479. The van der Waals surface area contributed by atoms with Crippen LogP contribution < -0.4 is 9.47 Å². The summed E-state index contributed by atoms with van der Waals surface area (Å²) < 4.78 is 10.5. The van der Waals surface area contributed by atoms with Gasteiger partial charge in [-0.15, -0.1) is 0 Å². The molecule has 1 saturated heterocycles. The van der Waals surface area contributed by atoms with Crippen LogP contribution in [0.3, 0.4) is 0 Å². The minimum atomic E-state index is -0.237. The van der Waals surface area contributed by atoms with E-state index in [1.165, 1.54) is 6.21 Å². The second-order valence-corrected chi connectivity index (χ2v) is 6.69. The lowest BCUT2D eigenvalue weighted by Gasteiger charge is -2.37. The van der Waals surface area contributed by atoms with Gasteiger partial charge in [-0.1, -0.05) is 12.2 Å². The topological polar surface area (TPSA) is 68.2 Å². The lowest BCUT2D eigenvalue weighted by Crippen LogP contribution is -2.38. The van der Waals surface area contributed by atoms with Crippen molar-refractivity contribution in [2.45, 2.75) is 12.8 Å². The predicted octanol–water partition coefficient (Wildman–Crippen LogP) is 2.23. The van der Waals surface area contributed by atoms with Gasteiger partial charge in [0.05, 0.1) is 32.3 Å². The van der Waals surface area contributed by atoms with Crippen LogP contribution in [-0.4, -0.2) is 37.3 Å². The number of hydrazone groups is 1. The van der Waals surface area contributed by atoms with Crippen LogP contribution in [0, 0.1) is 23.7 Å². The van der Waals surface area contributed by atoms with Crippen LogP contribution in [0.25, 0.3) is 0 Å². The van der Waals surface area contributed by atoms with E-state index in [1.807, 2.05) is 0 Å². The van der Waals surface area contributed by atoms with Crippen molar-refractivity contribution in [2.24, 2.45) is 28.8 Å². The van der Waals surface area contributed by atoms with E-state index >= 15 is 0 Å². The average molecular weight is 340 g/mol. The van der Waals surface area contributed by atoms with Gasteiger partial charge < -0.3 is 9.47 Å². The Balaban J connectivity index is 1.58. The smallest absolute Gasteiger partial charge is 0.254 e. The van der Waals surface area contributed by atoms with Crippen molar-refractivity contribution < 1.29 is 19.1 Å². The summed E-state index contributed by atoms with van der Waals surface area (Å²) in [6.07, 6.45) is 7.68. The van der Waals surface area contributed by atoms with Crippen LogP contribution in [0.4, 0.5) is 0 Å². The van der Waals surface area contributed by atoms with Gasteiger partial charge in [0.15, 0.2) is 11.5 Å². The highest BCUT2D eigenvalue weighted by molar-refractivity contribution is 6.06. The average Bonchev–Trinajstić information content (AvgIpc) is 2.93. The molecule has 1 saturated carbocycles. The van der Waals surface area contributed by atoms with Crippen LogP contribution in [0.5, 0.6) is 11.5 Å². The maximum absolute atomic E-state index is 12.7. The van der Waals surface area contributed by atoms with Gasteiger partial charge in [0, 0.05) is 0 Å². The maximum atomic E-state index is 12.7. The van der Waals surface area contributed by atoms with E-state index in [2.05, 4.69) is 17.3 Å². The van der Waals surface area contributed by atoms with Gasteiger partial charge in [0.2, 0.25) is 0 Å². The monoisotopic (exact) mass is 340 g/mol. The molecule has 1 aromatic rings. The van der Waals surface area contributed by atoms with Crippen LogP contribution >= 0.6 is 0 Å². The van der Waals surface area contributed by atoms with E-state index in [9.17, 15) is 9.59 Å². The Kier molecular flexibility index (Phi) is 3.82. The molecule has 1 heterocycles. The van der Waals surface area contributed by atoms with Crippen molar-refractivity contribution >= 4 is 18.0 Å². The molecule has 25 heavy (non-hydrogen) atoms.